The van der Waals surface area contributed by atoms with Gasteiger partial charge in [0.25, 0.3) is 5.69 Å². The number of nitro groups is 1. The van der Waals surface area contributed by atoms with Crippen LogP contribution in [0, 0.1) is 10.1 Å². The summed E-state index contributed by atoms with van der Waals surface area (Å²) in [6.07, 6.45) is -4.49. The van der Waals surface area contributed by atoms with Gasteiger partial charge in [-0.2, -0.15) is 0 Å². The van der Waals surface area contributed by atoms with Crippen molar-refractivity contribution in [3.63, 3.8) is 0 Å². The SMILES string of the molecule is CB(O)/N=C(/NB(C)O)N[C@H]1C=C(C)O[C@@H](C(OC(=O)Oc2ccc([N+](=O)[O-])cc2)[C@H]2COC(=O)O2)[C@@H]1NC(C)=O. The minimum atomic E-state index is -1.40. The number of nitro benzene ring substituents is 1. The van der Waals surface area contributed by atoms with Gasteiger partial charge in [-0.05, 0) is 38.8 Å². The first kappa shape index (κ1) is 31.0. The van der Waals surface area contributed by atoms with Crippen LogP contribution in [0.15, 0.2) is 41.0 Å². The third-order valence-corrected chi connectivity index (χ3v) is 5.60. The minimum Gasteiger partial charge on any atom is -0.489 e. The summed E-state index contributed by atoms with van der Waals surface area (Å²) >= 11 is 0. The molecular weight excluding hydrogens is 548 g/mol. The lowest BCUT2D eigenvalue weighted by atomic mass is 9.87. The van der Waals surface area contributed by atoms with Crippen LogP contribution in [0.2, 0.25) is 13.6 Å². The fraction of sp³-hybridized carbons (Fsp3) is 0.455. The topological polar surface area (TPSA) is 229 Å². The number of amides is 1. The lowest BCUT2D eigenvalue weighted by Gasteiger charge is -2.41. The number of benzene rings is 1. The Morgan fingerprint density at radius 3 is 2.41 bits per heavy atom. The zero-order valence-corrected chi connectivity index (χ0v) is 22.5. The van der Waals surface area contributed by atoms with E-state index in [1.165, 1.54) is 32.7 Å². The van der Waals surface area contributed by atoms with Crippen LogP contribution in [0.1, 0.15) is 13.8 Å². The molecule has 2 aliphatic heterocycles. The molecule has 0 aliphatic carbocycles. The lowest BCUT2D eigenvalue weighted by Crippen LogP contribution is -2.65. The summed E-state index contributed by atoms with van der Waals surface area (Å²) in [5.41, 5.74) is -0.225. The molecule has 0 bridgehead atoms. The van der Waals surface area contributed by atoms with E-state index < -0.39 is 67.6 Å². The zero-order valence-electron chi connectivity index (χ0n) is 22.5. The monoisotopic (exact) mass is 577 g/mol. The Morgan fingerprint density at radius 1 is 1.20 bits per heavy atom. The van der Waals surface area contributed by atoms with Crippen molar-refractivity contribution in [2.24, 2.45) is 4.90 Å². The summed E-state index contributed by atoms with van der Waals surface area (Å²) in [5.74, 6) is -0.274. The highest BCUT2D eigenvalue weighted by atomic mass is 16.8. The molecule has 0 saturated carbocycles. The predicted octanol–water partition coefficient (Wildman–Crippen LogP) is -0.0541. The smallest absolute Gasteiger partial charge is 0.489 e. The van der Waals surface area contributed by atoms with Crippen molar-refractivity contribution in [2.45, 2.75) is 57.9 Å². The number of non-ortho nitro benzene ring substituents is 1. The van der Waals surface area contributed by atoms with Crippen LogP contribution < -0.4 is 20.6 Å². The van der Waals surface area contributed by atoms with Crippen LogP contribution in [0.25, 0.3) is 0 Å². The number of rotatable bonds is 9. The molecule has 2 heterocycles. The maximum absolute atomic E-state index is 12.8. The highest BCUT2D eigenvalue weighted by Crippen LogP contribution is 2.28. The Kier molecular flexibility index (Phi) is 10.4. The average molecular weight is 577 g/mol. The van der Waals surface area contributed by atoms with Crippen LogP contribution in [-0.4, -0.2) is 90.3 Å². The molecule has 220 valence electrons. The van der Waals surface area contributed by atoms with Crippen LogP contribution in [-0.2, 0) is 23.7 Å². The van der Waals surface area contributed by atoms with E-state index in [9.17, 15) is 34.5 Å². The van der Waals surface area contributed by atoms with E-state index in [0.29, 0.717) is 5.76 Å². The maximum atomic E-state index is 12.8. The van der Waals surface area contributed by atoms with Crippen LogP contribution >= 0.6 is 0 Å². The molecule has 19 heteroatoms. The molecule has 0 aromatic heterocycles. The molecule has 0 spiro atoms. The second-order valence-corrected chi connectivity index (χ2v) is 9.09. The number of allylic oxidation sites excluding steroid dienone is 1. The summed E-state index contributed by atoms with van der Waals surface area (Å²) in [7, 11) is -2.23. The molecule has 41 heavy (non-hydrogen) atoms. The molecule has 1 saturated heterocycles. The number of carbonyl (C=O) groups excluding carboxylic acids is 3. The van der Waals surface area contributed by atoms with Gasteiger partial charge in [0, 0.05) is 19.1 Å². The van der Waals surface area contributed by atoms with E-state index in [2.05, 4.69) is 20.8 Å². The van der Waals surface area contributed by atoms with Gasteiger partial charge >= 0.3 is 26.4 Å². The molecule has 1 aromatic carbocycles. The summed E-state index contributed by atoms with van der Waals surface area (Å²) in [5, 5.41) is 38.8. The summed E-state index contributed by atoms with van der Waals surface area (Å²) in [6.45, 7) is 5.32. The largest absolute Gasteiger partial charge is 0.514 e. The van der Waals surface area contributed by atoms with Crippen LogP contribution in [0.5, 0.6) is 5.75 Å². The molecule has 1 amide bonds. The van der Waals surface area contributed by atoms with Gasteiger partial charge in [-0.3, -0.25) is 19.8 Å². The number of hydrogen-bond acceptors (Lipinski definition) is 13. The van der Waals surface area contributed by atoms with Crippen molar-refractivity contribution >= 4 is 44.0 Å². The van der Waals surface area contributed by atoms with Crippen molar-refractivity contribution in [1.29, 1.82) is 0 Å². The summed E-state index contributed by atoms with van der Waals surface area (Å²) in [6, 6.07) is 2.80. The zero-order chi connectivity index (χ0) is 30.3. The number of nitrogens with one attached hydrogen (secondary N) is 3. The van der Waals surface area contributed by atoms with Crippen molar-refractivity contribution in [3.05, 3.63) is 46.2 Å². The molecular formula is C22H29B2N5O12. The summed E-state index contributed by atoms with van der Waals surface area (Å²) < 4.78 is 26.7. The van der Waals surface area contributed by atoms with Gasteiger partial charge in [0.05, 0.1) is 22.8 Å². The van der Waals surface area contributed by atoms with E-state index in [1.807, 2.05) is 0 Å². The number of guanidine groups is 1. The Labute approximate surface area is 234 Å². The van der Waals surface area contributed by atoms with Gasteiger partial charge in [0.2, 0.25) is 5.91 Å². The van der Waals surface area contributed by atoms with Gasteiger partial charge in [0.15, 0.2) is 24.3 Å². The normalized spacial score (nSPS) is 22.5. The van der Waals surface area contributed by atoms with Crippen molar-refractivity contribution in [2.75, 3.05) is 6.61 Å². The Bertz CT molecular complexity index is 1200. The van der Waals surface area contributed by atoms with Crippen LogP contribution in [0.3, 0.4) is 0 Å². The second-order valence-electron chi connectivity index (χ2n) is 9.09. The van der Waals surface area contributed by atoms with Crippen molar-refractivity contribution in [3.8, 4) is 5.75 Å². The summed E-state index contributed by atoms with van der Waals surface area (Å²) in [4.78, 5) is 51.1. The highest BCUT2D eigenvalue weighted by Gasteiger charge is 2.49. The first-order valence-corrected chi connectivity index (χ1v) is 12.4. The number of hydrogen-bond donors (Lipinski definition) is 5. The number of carbonyl (C=O) groups is 3. The minimum absolute atomic E-state index is 0.0225. The average Bonchev–Trinajstić information content (AvgIpc) is 3.29. The Morgan fingerprint density at radius 2 is 1.88 bits per heavy atom. The molecule has 5 atom stereocenters. The Balaban J connectivity index is 1.92. The third kappa shape index (κ3) is 9.00. The maximum Gasteiger partial charge on any atom is 0.514 e. The van der Waals surface area contributed by atoms with Crippen LogP contribution in [0.4, 0.5) is 15.3 Å². The molecule has 2 aliphatic rings. The highest BCUT2D eigenvalue weighted by molar-refractivity contribution is 6.52. The number of nitrogens with zero attached hydrogens (tertiary/aromatic N) is 2. The number of ether oxygens (including phenoxy) is 5. The fourth-order valence-corrected chi connectivity index (χ4v) is 4.08. The van der Waals surface area contributed by atoms with E-state index in [-0.39, 0.29) is 24.0 Å². The standard InChI is InChI=1S/C22H29B2N5O12/c1-11-9-15(26-20(27-23(3)33)28-24(4)34)17(25-12(2)30)19(38-11)18(16-10-37-21(31)40-16)41-22(32)39-14-7-5-13(6-8-14)29(35)36/h5-9,15-19,33-34H,10H2,1-4H3,(H,25,30)(H2,26,27,28)/t15-,16+,17+,18?,19+/m0/s1. The van der Waals surface area contributed by atoms with Crippen molar-refractivity contribution < 1.29 is 53.0 Å². The van der Waals surface area contributed by atoms with Gasteiger partial charge in [-0.15, -0.1) is 0 Å². The van der Waals surface area contributed by atoms with Gasteiger partial charge in [-0.1, -0.05) is 0 Å². The van der Waals surface area contributed by atoms with Gasteiger partial charge < -0.3 is 49.6 Å². The van der Waals surface area contributed by atoms with Gasteiger partial charge in [-0.25, -0.2) is 9.59 Å². The molecule has 0 radical (unpaired) electrons. The molecule has 1 fully saturated rings. The van der Waals surface area contributed by atoms with E-state index in [4.69, 9.17) is 23.7 Å². The number of cyclic esters (lactones) is 2. The van der Waals surface area contributed by atoms with Gasteiger partial charge in [0.1, 0.15) is 12.4 Å². The van der Waals surface area contributed by atoms with Crippen molar-refractivity contribution in [1.82, 2.24) is 15.9 Å². The molecule has 3 rings (SSSR count). The predicted molar refractivity (Wildman–Crippen MR) is 142 cm³/mol. The first-order valence-electron chi connectivity index (χ1n) is 12.4. The quantitative estimate of drug-likeness (QED) is 0.0493. The van der Waals surface area contributed by atoms with E-state index in [0.717, 1.165) is 12.1 Å². The lowest BCUT2D eigenvalue weighted by molar-refractivity contribution is -0.384. The first-order chi connectivity index (χ1) is 19.3. The van der Waals surface area contributed by atoms with E-state index in [1.54, 1.807) is 13.0 Å². The molecule has 1 aromatic rings. The fourth-order valence-electron chi connectivity index (χ4n) is 4.08. The van der Waals surface area contributed by atoms with E-state index >= 15 is 0 Å². The molecule has 1 unspecified atom stereocenters. The Hall–Kier alpha value is -4.51. The second kappa shape index (κ2) is 13.7. The molecule has 17 nitrogen and oxygen atoms in total. The third-order valence-electron chi connectivity index (χ3n) is 5.60. The molecule has 5 N–H and O–H groups in total.